The molecule has 0 N–H and O–H groups in total. The van der Waals surface area contributed by atoms with Crippen LogP contribution in [0.4, 0.5) is 0 Å². The molecule has 12 rings (SSSR count). The predicted octanol–water partition coefficient (Wildman–Crippen LogP) is 14.4. The molecule has 0 saturated carbocycles. The first-order valence-electron chi connectivity index (χ1n) is 21.0. The molecule has 3 aromatic heterocycles. The van der Waals surface area contributed by atoms with E-state index < -0.39 is 0 Å². The highest BCUT2D eigenvalue weighted by Gasteiger charge is 2.23. The average Bonchev–Trinajstić information content (AvgIpc) is 3.88. The van der Waals surface area contributed by atoms with E-state index in [1.54, 1.807) is 0 Å². The summed E-state index contributed by atoms with van der Waals surface area (Å²) in [5.41, 5.74) is 13.8. The molecule has 12 aromatic rings. The van der Waals surface area contributed by atoms with Gasteiger partial charge in [0.15, 0.2) is 17.5 Å². The van der Waals surface area contributed by atoms with Crippen molar-refractivity contribution >= 4 is 43.6 Å². The lowest BCUT2D eigenvalue weighted by atomic mass is 9.99. The fourth-order valence-electron chi connectivity index (χ4n) is 9.22. The first kappa shape index (κ1) is 35.5. The molecule has 5 heteroatoms. The Morgan fingerprint density at radius 3 is 1.34 bits per heavy atom. The van der Waals surface area contributed by atoms with Crippen LogP contribution in [0.3, 0.4) is 0 Å². The Bertz CT molecular complexity index is 3570. The summed E-state index contributed by atoms with van der Waals surface area (Å²) in [6.07, 6.45) is 0. The zero-order chi connectivity index (χ0) is 41.0. The Morgan fingerprint density at radius 1 is 0.258 bits per heavy atom. The molecule has 0 aliphatic carbocycles. The smallest absolute Gasteiger partial charge is 0.164 e. The first-order valence-corrected chi connectivity index (χ1v) is 21.0. The second-order valence-electron chi connectivity index (χ2n) is 15.6. The second-order valence-corrected chi connectivity index (χ2v) is 15.6. The van der Waals surface area contributed by atoms with Gasteiger partial charge in [0, 0.05) is 43.8 Å². The van der Waals surface area contributed by atoms with Gasteiger partial charge in [-0.2, -0.15) is 0 Å². The first-order chi connectivity index (χ1) is 30.8. The highest BCUT2D eigenvalue weighted by molar-refractivity contribution is 6.15. The molecular formula is C57H37N5. The lowest BCUT2D eigenvalue weighted by Crippen LogP contribution is -2.04. The van der Waals surface area contributed by atoms with Gasteiger partial charge < -0.3 is 9.13 Å². The van der Waals surface area contributed by atoms with Crippen LogP contribution in [0.25, 0.3) is 111 Å². The van der Waals surface area contributed by atoms with Gasteiger partial charge in [-0.1, -0.05) is 194 Å². The van der Waals surface area contributed by atoms with Crippen LogP contribution < -0.4 is 0 Å². The molecule has 290 valence electrons. The summed E-state index contributed by atoms with van der Waals surface area (Å²) in [7, 11) is 0. The topological polar surface area (TPSA) is 48.5 Å². The Morgan fingerprint density at radius 2 is 0.710 bits per heavy atom. The van der Waals surface area contributed by atoms with Crippen LogP contribution in [0.2, 0.25) is 0 Å². The van der Waals surface area contributed by atoms with Gasteiger partial charge in [0.1, 0.15) is 0 Å². The summed E-state index contributed by atoms with van der Waals surface area (Å²) in [5, 5.41) is 4.81. The minimum Gasteiger partial charge on any atom is -0.307 e. The monoisotopic (exact) mass is 791 g/mol. The molecule has 0 saturated heterocycles. The third-order valence-electron chi connectivity index (χ3n) is 12.0. The van der Waals surface area contributed by atoms with Crippen molar-refractivity contribution in [3.63, 3.8) is 0 Å². The molecule has 62 heavy (non-hydrogen) atoms. The van der Waals surface area contributed by atoms with Crippen molar-refractivity contribution in [3.8, 4) is 67.8 Å². The second kappa shape index (κ2) is 14.7. The van der Waals surface area contributed by atoms with Crippen molar-refractivity contribution in [1.29, 1.82) is 0 Å². The Balaban J connectivity index is 1.16. The summed E-state index contributed by atoms with van der Waals surface area (Å²) >= 11 is 0. The number of para-hydroxylation sites is 4. The van der Waals surface area contributed by atoms with Crippen LogP contribution >= 0.6 is 0 Å². The van der Waals surface area contributed by atoms with Crippen LogP contribution in [0.1, 0.15) is 0 Å². The van der Waals surface area contributed by atoms with E-state index in [-0.39, 0.29) is 0 Å². The highest BCUT2D eigenvalue weighted by Crippen LogP contribution is 2.42. The van der Waals surface area contributed by atoms with Gasteiger partial charge in [-0.15, -0.1) is 0 Å². The number of hydrogen-bond donors (Lipinski definition) is 0. The van der Waals surface area contributed by atoms with E-state index in [9.17, 15) is 0 Å². The molecule has 0 unspecified atom stereocenters. The molecule has 0 atom stereocenters. The van der Waals surface area contributed by atoms with E-state index in [2.05, 4.69) is 209 Å². The SMILES string of the molecule is c1ccc(-c2nc(-c3ccc(-c4ccccc4)c(-n4c5ccccc5c5cccc(-n6c7ccccc7c7ccccc76)c54)c3)nc(-c3ccccc3-c3ccccc3)n2)cc1. The van der Waals surface area contributed by atoms with Gasteiger partial charge in [-0.25, -0.2) is 15.0 Å². The number of fused-ring (bicyclic) bond motifs is 6. The number of nitrogens with zero attached hydrogens (tertiary/aromatic N) is 5. The normalized spacial score (nSPS) is 11.5. The molecule has 3 heterocycles. The van der Waals surface area contributed by atoms with Gasteiger partial charge in [-0.05, 0) is 47.0 Å². The van der Waals surface area contributed by atoms with Crippen LogP contribution in [-0.2, 0) is 0 Å². The minimum absolute atomic E-state index is 0.598. The van der Waals surface area contributed by atoms with Crippen LogP contribution in [-0.4, -0.2) is 24.1 Å². The van der Waals surface area contributed by atoms with E-state index in [0.29, 0.717) is 17.5 Å². The van der Waals surface area contributed by atoms with Crippen molar-refractivity contribution in [3.05, 3.63) is 224 Å². The van der Waals surface area contributed by atoms with Crippen molar-refractivity contribution in [2.24, 2.45) is 0 Å². The zero-order valence-electron chi connectivity index (χ0n) is 33.6. The van der Waals surface area contributed by atoms with Crippen LogP contribution in [0.5, 0.6) is 0 Å². The molecule has 9 aromatic carbocycles. The maximum Gasteiger partial charge on any atom is 0.164 e. The third kappa shape index (κ3) is 5.82. The molecule has 0 bridgehead atoms. The van der Waals surface area contributed by atoms with E-state index in [1.807, 2.05) is 24.3 Å². The third-order valence-corrected chi connectivity index (χ3v) is 12.0. The van der Waals surface area contributed by atoms with Crippen molar-refractivity contribution in [1.82, 2.24) is 24.1 Å². The summed E-state index contributed by atoms with van der Waals surface area (Å²) in [6, 6.07) is 79.2. The molecule has 0 aliphatic rings. The summed E-state index contributed by atoms with van der Waals surface area (Å²) < 4.78 is 4.89. The lowest BCUT2D eigenvalue weighted by molar-refractivity contribution is 1.07. The summed E-state index contributed by atoms with van der Waals surface area (Å²) in [4.78, 5) is 15.7. The fraction of sp³-hybridized carbons (Fsp3) is 0. The summed E-state index contributed by atoms with van der Waals surface area (Å²) in [6.45, 7) is 0. The van der Waals surface area contributed by atoms with Gasteiger partial charge in [0.2, 0.25) is 0 Å². The van der Waals surface area contributed by atoms with E-state index in [0.717, 1.165) is 72.4 Å². The van der Waals surface area contributed by atoms with E-state index in [1.165, 1.54) is 21.5 Å². The quantitative estimate of drug-likeness (QED) is 0.162. The number of rotatable bonds is 7. The Hall–Kier alpha value is -8.41. The van der Waals surface area contributed by atoms with Gasteiger partial charge in [0.05, 0.1) is 33.4 Å². The number of hydrogen-bond acceptors (Lipinski definition) is 3. The predicted molar refractivity (Wildman–Crippen MR) is 256 cm³/mol. The Kier molecular flexibility index (Phi) is 8.42. The van der Waals surface area contributed by atoms with E-state index >= 15 is 0 Å². The molecule has 0 radical (unpaired) electrons. The number of aromatic nitrogens is 5. The van der Waals surface area contributed by atoms with Crippen LogP contribution in [0.15, 0.2) is 224 Å². The zero-order valence-corrected chi connectivity index (χ0v) is 33.6. The lowest BCUT2D eigenvalue weighted by Gasteiger charge is -2.18. The van der Waals surface area contributed by atoms with Crippen LogP contribution in [0, 0.1) is 0 Å². The molecule has 5 nitrogen and oxygen atoms in total. The van der Waals surface area contributed by atoms with Gasteiger partial charge in [0.25, 0.3) is 0 Å². The standard InChI is InChI=1S/C57H37N5/c1-4-19-38(20-5-1)42-25-10-11-29-48(42)57-59-55(40-23-8-3-9-24-40)58-56(60-57)41-35-36-43(39-21-6-2-7-22-39)53(37-41)62-51-33-17-14-28-46(51)47-30-18-34-52(54(47)62)61-49-31-15-12-26-44(49)45-27-13-16-32-50(45)61/h1-37H. The summed E-state index contributed by atoms with van der Waals surface area (Å²) in [5.74, 6) is 1.83. The largest absolute Gasteiger partial charge is 0.307 e. The van der Waals surface area contributed by atoms with Crippen molar-refractivity contribution < 1.29 is 0 Å². The van der Waals surface area contributed by atoms with Gasteiger partial charge >= 0.3 is 0 Å². The van der Waals surface area contributed by atoms with E-state index in [4.69, 9.17) is 15.0 Å². The molecule has 0 aliphatic heterocycles. The molecule has 0 fully saturated rings. The van der Waals surface area contributed by atoms with Crippen molar-refractivity contribution in [2.45, 2.75) is 0 Å². The Labute approximate surface area is 358 Å². The van der Waals surface area contributed by atoms with Gasteiger partial charge in [-0.3, -0.25) is 0 Å². The molecule has 0 amide bonds. The minimum atomic E-state index is 0.598. The molecule has 0 spiro atoms. The van der Waals surface area contributed by atoms with Crippen molar-refractivity contribution in [2.75, 3.05) is 0 Å². The number of benzene rings is 9. The fourth-order valence-corrected chi connectivity index (χ4v) is 9.22. The maximum absolute atomic E-state index is 5.33. The molecular weight excluding hydrogens is 755 g/mol. The average molecular weight is 792 g/mol. The maximum atomic E-state index is 5.33. The highest BCUT2D eigenvalue weighted by atomic mass is 15.1.